The summed E-state index contributed by atoms with van der Waals surface area (Å²) in [6.45, 7) is 9.60. The number of benzene rings is 2. The summed E-state index contributed by atoms with van der Waals surface area (Å²) in [6, 6.07) is 21.1. The van der Waals surface area contributed by atoms with Crippen molar-refractivity contribution in [3.63, 3.8) is 0 Å². The summed E-state index contributed by atoms with van der Waals surface area (Å²) in [5.74, 6) is -0.0315. The average molecular weight is 432 g/mol. The van der Waals surface area contributed by atoms with Crippen LogP contribution in [0.1, 0.15) is 35.5 Å². The van der Waals surface area contributed by atoms with Gasteiger partial charge in [-0.2, -0.15) is 5.10 Å². The molecule has 2 heterocycles. The normalized spacial score (nSPS) is 15.5. The Hall–Kier alpha value is -3.12. The van der Waals surface area contributed by atoms with Gasteiger partial charge in [0.05, 0.1) is 24.0 Å². The molecule has 1 fully saturated rings. The number of carbonyl (C=O) groups excluding carboxylic acids is 1. The average Bonchev–Trinajstić information content (AvgIpc) is 3.26. The Morgan fingerprint density at radius 2 is 1.66 bits per heavy atom. The van der Waals surface area contributed by atoms with Gasteiger partial charge in [0.15, 0.2) is 0 Å². The maximum atomic E-state index is 12.9. The van der Waals surface area contributed by atoms with Crippen LogP contribution in [0, 0.1) is 0 Å². The van der Waals surface area contributed by atoms with Crippen LogP contribution >= 0.6 is 0 Å². The highest BCUT2D eigenvalue weighted by atomic mass is 16.1. The smallest absolute Gasteiger partial charge is 0.254 e. The number of anilines is 1. The molecule has 2 aromatic carbocycles. The van der Waals surface area contributed by atoms with Crippen molar-refractivity contribution in [3.05, 3.63) is 83.7 Å². The molecule has 0 bridgehead atoms. The molecule has 6 heteroatoms. The van der Waals surface area contributed by atoms with Gasteiger partial charge < -0.3 is 10.2 Å². The maximum absolute atomic E-state index is 12.9. The van der Waals surface area contributed by atoms with Crippen molar-refractivity contribution in [3.8, 4) is 0 Å². The fraction of sp³-hybridized carbons (Fsp3) is 0.385. The van der Waals surface area contributed by atoms with E-state index in [0.717, 1.165) is 38.3 Å². The number of nitrogens with zero attached hydrogens (tertiary/aromatic N) is 4. The molecular formula is C26H33N5O. The molecular weight excluding hydrogens is 398 g/mol. The van der Waals surface area contributed by atoms with Gasteiger partial charge in [-0.05, 0) is 31.0 Å². The van der Waals surface area contributed by atoms with Gasteiger partial charge in [-0.15, -0.1) is 0 Å². The second-order valence-corrected chi connectivity index (χ2v) is 8.42. The van der Waals surface area contributed by atoms with Gasteiger partial charge in [0, 0.05) is 44.5 Å². The molecule has 1 aliphatic rings. The molecule has 1 aliphatic heterocycles. The van der Waals surface area contributed by atoms with Crippen LogP contribution in [0.3, 0.4) is 0 Å². The number of para-hydroxylation sites is 1. The second-order valence-electron chi connectivity index (χ2n) is 8.42. The molecule has 4 rings (SSSR count). The van der Waals surface area contributed by atoms with Crippen LogP contribution in [0.2, 0.25) is 0 Å². The highest BCUT2D eigenvalue weighted by Crippen LogP contribution is 2.17. The van der Waals surface area contributed by atoms with Gasteiger partial charge >= 0.3 is 0 Å². The summed E-state index contributed by atoms with van der Waals surface area (Å²) in [5.41, 5.74) is 4.13. The van der Waals surface area contributed by atoms with Crippen molar-refractivity contribution >= 4 is 11.6 Å². The highest BCUT2D eigenvalue weighted by Gasteiger charge is 2.23. The molecule has 1 saturated heterocycles. The van der Waals surface area contributed by atoms with E-state index in [9.17, 15) is 4.79 Å². The molecule has 1 aromatic heterocycles. The molecule has 3 aromatic rings. The molecule has 0 aliphatic carbocycles. The second kappa shape index (κ2) is 10.5. The van der Waals surface area contributed by atoms with Gasteiger partial charge in [-0.25, -0.2) is 0 Å². The van der Waals surface area contributed by atoms with E-state index in [0.29, 0.717) is 24.7 Å². The zero-order valence-corrected chi connectivity index (χ0v) is 19.1. The lowest BCUT2D eigenvalue weighted by atomic mass is 10.1. The Kier molecular flexibility index (Phi) is 7.22. The van der Waals surface area contributed by atoms with Crippen molar-refractivity contribution in [1.82, 2.24) is 20.0 Å². The van der Waals surface area contributed by atoms with E-state index in [4.69, 9.17) is 0 Å². The summed E-state index contributed by atoms with van der Waals surface area (Å²) in [4.78, 5) is 17.8. The lowest BCUT2D eigenvalue weighted by molar-refractivity contribution is 0.0933. The van der Waals surface area contributed by atoms with Crippen molar-refractivity contribution < 1.29 is 4.79 Å². The Balaban J connectivity index is 1.30. The monoisotopic (exact) mass is 431 g/mol. The van der Waals surface area contributed by atoms with E-state index >= 15 is 0 Å². The topological polar surface area (TPSA) is 53.4 Å². The largest absolute Gasteiger partial charge is 0.369 e. The Morgan fingerprint density at radius 3 is 2.31 bits per heavy atom. The summed E-state index contributed by atoms with van der Waals surface area (Å²) >= 11 is 0. The van der Waals surface area contributed by atoms with Gasteiger partial charge in [-0.3, -0.25) is 14.4 Å². The third kappa shape index (κ3) is 5.19. The Labute approximate surface area is 190 Å². The molecule has 1 atom stereocenters. The number of hydrogen-bond donors (Lipinski definition) is 1. The van der Waals surface area contributed by atoms with E-state index < -0.39 is 0 Å². The Bertz CT molecular complexity index is 994. The van der Waals surface area contributed by atoms with E-state index in [1.165, 1.54) is 11.3 Å². The molecule has 6 nitrogen and oxygen atoms in total. The molecule has 0 saturated carbocycles. The van der Waals surface area contributed by atoms with E-state index in [-0.39, 0.29) is 5.91 Å². The molecule has 1 amide bonds. The summed E-state index contributed by atoms with van der Waals surface area (Å²) in [7, 11) is 0. The summed E-state index contributed by atoms with van der Waals surface area (Å²) in [5, 5.41) is 7.64. The van der Waals surface area contributed by atoms with Crippen molar-refractivity contribution in [1.29, 1.82) is 0 Å². The SMILES string of the molecule is CCc1c(C(=O)NCC(C)N2CCN(c3ccccc3)CC2)cnn1Cc1ccccc1. The minimum absolute atomic E-state index is 0.0315. The van der Waals surface area contributed by atoms with Crippen LogP contribution < -0.4 is 10.2 Å². The van der Waals surface area contributed by atoms with E-state index in [1.807, 2.05) is 22.9 Å². The van der Waals surface area contributed by atoms with Crippen LogP contribution in [-0.2, 0) is 13.0 Å². The highest BCUT2D eigenvalue weighted by molar-refractivity contribution is 5.95. The molecule has 0 spiro atoms. The zero-order chi connectivity index (χ0) is 22.3. The fourth-order valence-corrected chi connectivity index (χ4v) is 4.39. The minimum Gasteiger partial charge on any atom is -0.369 e. The number of nitrogens with one attached hydrogen (secondary N) is 1. The summed E-state index contributed by atoms with van der Waals surface area (Å²) < 4.78 is 1.94. The number of amides is 1. The van der Waals surface area contributed by atoms with Crippen LogP contribution in [0.5, 0.6) is 0 Å². The van der Waals surface area contributed by atoms with Gasteiger partial charge in [0.25, 0.3) is 5.91 Å². The first kappa shape index (κ1) is 22.1. The number of piperazine rings is 1. The predicted molar refractivity (Wildman–Crippen MR) is 129 cm³/mol. The third-order valence-electron chi connectivity index (χ3n) is 6.32. The molecule has 32 heavy (non-hydrogen) atoms. The number of carbonyl (C=O) groups is 1. The predicted octanol–water partition coefficient (Wildman–Crippen LogP) is 3.43. The standard InChI is InChI=1S/C26H33N5O/c1-3-25-24(19-28-31(25)20-22-10-6-4-7-11-22)26(32)27-18-21(2)29-14-16-30(17-15-29)23-12-8-5-9-13-23/h4-13,19,21H,3,14-18,20H2,1-2H3,(H,27,32). The first-order valence-corrected chi connectivity index (χ1v) is 11.6. The van der Waals surface area contributed by atoms with Crippen LogP contribution in [-0.4, -0.2) is 59.4 Å². The first-order chi connectivity index (χ1) is 15.7. The lowest BCUT2D eigenvalue weighted by Gasteiger charge is -2.39. The minimum atomic E-state index is -0.0315. The molecule has 0 radical (unpaired) electrons. The van der Waals surface area contributed by atoms with Crippen LogP contribution in [0.25, 0.3) is 0 Å². The molecule has 1 unspecified atom stereocenters. The third-order valence-corrected chi connectivity index (χ3v) is 6.32. The van der Waals surface area contributed by atoms with Crippen molar-refractivity contribution in [2.75, 3.05) is 37.6 Å². The maximum Gasteiger partial charge on any atom is 0.254 e. The zero-order valence-electron chi connectivity index (χ0n) is 19.1. The van der Waals surface area contributed by atoms with Crippen LogP contribution in [0.4, 0.5) is 5.69 Å². The molecule has 168 valence electrons. The van der Waals surface area contributed by atoms with Crippen molar-refractivity contribution in [2.45, 2.75) is 32.9 Å². The van der Waals surface area contributed by atoms with Gasteiger partial charge in [0.2, 0.25) is 0 Å². The van der Waals surface area contributed by atoms with Gasteiger partial charge in [0.1, 0.15) is 0 Å². The lowest BCUT2D eigenvalue weighted by Crippen LogP contribution is -2.52. The summed E-state index contributed by atoms with van der Waals surface area (Å²) in [6.07, 6.45) is 2.48. The number of hydrogen-bond acceptors (Lipinski definition) is 4. The fourth-order valence-electron chi connectivity index (χ4n) is 4.39. The van der Waals surface area contributed by atoms with Crippen LogP contribution in [0.15, 0.2) is 66.9 Å². The Morgan fingerprint density at radius 1 is 1.00 bits per heavy atom. The number of aromatic nitrogens is 2. The van der Waals surface area contributed by atoms with Gasteiger partial charge in [-0.1, -0.05) is 55.5 Å². The van der Waals surface area contributed by atoms with E-state index in [2.05, 4.69) is 76.5 Å². The quantitative estimate of drug-likeness (QED) is 0.594. The number of rotatable bonds is 8. The van der Waals surface area contributed by atoms with Crippen molar-refractivity contribution in [2.24, 2.45) is 0 Å². The molecule has 1 N–H and O–H groups in total. The first-order valence-electron chi connectivity index (χ1n) is 11.6. The van der Waals surface area contributed by atoms with E-state index in [1.54, 1.807) is 6.20 Å².